The number of rotatable bonds is 8. The van der Waals surface area contributed by atoms with Crippen molar-refractivity contribution in [2.75, 3.05) is 19.8 Å². The number of amides is 1. The first-order chi connectivity index (χ1) is 14.7. The van der Waals surface area contributed by atoms with E-state index in [0.717, 1.165) is 28.8 Å². The number of hydrogen-bond donors (Lipinski definition) is 1. The molecule has 0 radical (unpaired) electrons. The first kappa shape index (κ1) is 20.0. The van der Waals surface area contributed by atoms with Crippen molar-refractivity contribution in [3.8, 4) is 22.8 Å². The van der Waals surface area contributed by atoms with E-state index >= 15 is 0 Å². The van der Waals surface area contributed by atoms with Crippen molar-refractivity contribution in [3.05, 3.63) is 65.4 Å². The van der Waals surface area contributed by atoms with Crippen LogP contribution in [-0.4, -0.2) is 40.8 Å². The van der Waals surface area contributed by atoms with Gasteiger partial charge in [0.15, 0.2) is 11.5 Å². The lowest BCUT2D eigenvalue weighted by atomic mass is 9.95. The number of aromatic amines is 1. The molecular weight excluding hydrogens is 378 g/mol. The third-order valence-corrected chi connectivity index (χ3v) is 5.26. The van der Waals surface area contributed by atoms with Crippen molar-refractivity contribution in [1.29, 1.82) is 0 Å². The molecule has 1 atom stereocenters. The van der Waals surface area contributed by atoms with Crippen LogP contribution in [0.25, 0.3) is 11.3 Å². The largest absolute Gasteiger partial charge is 0.490 e. The molecular formula is C24H27N3O3. The van der Waals surface area contributed by atoms with Crippen LogP contribution in [0.1, 0.15) is 54.8 Å². The fourth-order valence-electron chi connectivity index (χ4n) is 4.07. The van der Waals surface area contributed by atoms with Crippen LogP contribution >= 0.6 is 0 Å². The second-order valence-corrected chi connectivity index (χ2v) is 7.20. The highest BCUT2D eigenvalue weighted by molar-refractivity contribution is 6.00. The van der Waals surface area contributed by atoms with E-state index in [1.54, 1.807) is 0 Å². The SMILES string of the molecule is CCCN1C(=O)c2[nH]nc(-c3ccccc3)c2C1c1ccc(OCC)c(OCC)c1. The topological polar surface area (TPSA) is 67.5 Å². The second-order valence-electron chi connectivity index (χ2n) is 7.20. The van der Waals surface area contributed by atoms with E-state index in [4.69, 9.17) is 9.47 Å². The van der Waals surface area contributed by atoms with Gasteiger partial charge in [-0.15, -0.1) is 0 Å². The van der Waals surface area contributed by atoms with Crippen LogP contribution in [0.15, 0.2) is 48.5 Å². The molecule has 0 aliphatic carbocycles. The minimum atomic E-state index is -0.226. The molecule has 4 rings (SSSR count). The molecule has 0 saturated heterocycles. The molecule has 1 aliphatic rings. The van der Waals surface area contributed by atoms with Crippen molar-refractivity contribution in [1.82, 2.24) is 15.1 Å². The Morgan fingerprint density at radius 2 is 1.73 bits per heavy atom. The molecule has 0 saturated carbocycles. The summed E-state index contributed by atoms with van der Waals surface area (Å²) in [4.78, 5) is 15.1. The number of aromatic nitrogens is 2. The summed E-state index contributed by atoms with van der Waals surface area (Å²) in [7, 11) is 0. The predicted octanol–water partition coefficient (Wildman–Crippen LogP) is 4.83. The standard InChI is InChI=1S/C24H27N3O3/c1-4-14-27-23(17-12-13-18(29-5-2)19(15-17)30-6-3)20-21(16-10-8-7-9-11-16)25-26-22(20)24(27)28/h7-13,15,23H,4-6,14H2,1-3H3,(H,25,26). The van der Waals surface area contributed by atoms with Crippen molar-refractivity contribution in [2.24, 2.45) is 0 Å². The molecule has 1 aliphatic heterocycles. The number of H-pyrrole nitrogens is 1. The normalized spacial score (nSPS) is 15.4. The molecule has 1 aromatic heterocycles. The van der Waals surface area contributed by atoms with Gasteiger partial charge in [-0.1, -0.05) is 43.3 Å². The highest BCUT2D eigenvalue weighted by Gasteiger charge is 2.42. The molecule has 3 aromatic rings. The molecule has 2 aromatic carbocycles. The lowest BCUT2D eigenvalue weighted by Gasteiger charge is -2.26. The van der Waals surface area contributed by atoms with Gasteiger partial charge >= 0.3 is 0 Å². The summed E-state index contributed by atoms with van der Waals surface area (Å²) in [5, 5.41) is 7.50. The maximum Gasteiger partial charge on any atom is 0.273 e. The number of hydrogen-bond acceptors (Lipinski definition) is 4. The highest BCUT2D eigenvalue weighted by atomic mass is 16.5. The van der Waals surface area contributed by atoms with Gasteiger partial charge < -0.3 is 14.4 Å². The van der Waals surface area contributed by atoms with Gasteiger partial charge in [-0.05, 0) is 38.0 Å². The minimum Gasteiger partial charge on any atom is -0.490 e. The van der Waals surface area contributed by atoms with Crippen molar-refractivity contribution in [3.63, 3.8) is 0 Å². The Bertz CT molecular complexity index is 1030. The van der Waals surface area contributed by atoms with E-state index in [1.165, 1.54) is 0 Å². The molecule has 1 unspecified atom stereocenters. The van der Waals surface area contributed by atoms with E-state index in [-0.39, 0.29) is 11.9 Å². The summed E-state index contributed by atoms with van der Waals surface area (Å²) in [5.41, 5.74) is 4.28. The second kappa shape index (κ2) is 8.61. The Hall–Kier alpha value is -3.28. The monoisotopic (exact) mass is 405 g/mol. The average molecular weight is 405 g/mol. The van der Waals surface area contributed by atoms with Gasteiger partial charge in [-0.3, -0.25) is 9.89 Å². The van der Waals surface area contributed by atoms with Crippen LogP contribution in [0.3, 0.4) is 0 Å². The summed E-state index contributed by atoms with van der Waals surface area (Å²) < 4.78 is 11.6. The first-order valence-electron chi connectivity index (χ1n) is 10.5. The molecule has 0 fully saturated rings. The zero-order valence-electron chi connectivity index (χ0n) is 17.6. The van der Waals surface area contributed by atoms with E-state index in [2.05, 4.69) is 17.1 Å². The van der Waals surface area contributed by atoms with E-state index < -0.39 is 0 Å². The Balaban J connectivity index is 1.85. The first-order valence-corrected chi connectivity index (χ1v) is 10.5. The zero-order chi connectivity index (χ0) is 21.1. The lowest BCUT2D eigenvalue weighted by molar-refractivity contribution is 0.0743. The van der Waals surface area contributed by atoms with Crippen molar-refractivity contribution in [2.45, 2.75) is 33.2 Å². The molecule has 156 valence electrons. The Kier molecular flexibility index (Phi) is 5.74. The zero-order valence-corrected chi connectivity index (χ0v) is 17.6. The van der Waals surface area contributed by atoms with Crippen molar-refractivity contribution >= 4 is 5.91 Å². The molecule has 2 heterocycles. The lowest BCUT2D eigenvalue weighted by Crippen LogP contribution is -2.30. The Morgan fingerprint density at radius 3 is 2.43 bits per heavy atom. The van der Waals surface area contributed by atoms with Crippen molar-refractivity contribution < 1.29 is 14.3 Å². The molecule has 1 N–H and O–H groups in total. The maximum absolute atomic E-state index is 13.2. The summed E-state index contributed by atoms with van der Waals surface area (Å²) in [6.07, 6.45) is 0.871. The quantitative estimate of drug-likeness (QED) is 0.583. The van der Waals surface area contributed by atoms with E-state index in [1.807, 2.05) is 67.3 Å². The predicted molar refractivity (Wildman–Crippen MR) is 116 cm³/mol. The van der Waals surface area contributed by atoms with Gasteiger partial charge in [0.1, 0.15) is 5.69 Å². The molecule has 1 amide bonds. The number of nitrogens with zero attached hydrogens (tertiary/aromatic N) is 2. The number of carbonyl (C=O) groups is 1. The maximum atomic E-state index is 13.2. The third-order valence-electron chi connectivity index (χ3n) is 5.26. The summed E-state index contributed by atoms with van der Waals surface area (Å²) >= 11 is 0. The van der Waals surface area contributed by atoms with Gasteiger partial charge in [0, 0.05) is 17.7 Å². The summed E-state index contributed by atoms with van der Waals surface area (Å²) in [5.74, 6) is 1.39. The molecule has 30 heavy (non-hydrogen) atoms. The highest BCUT2D eigenvalue weighted by Crippen LogP contribution is 2.44. The average Bonchev–Trinajstić information content (AvgIpc) is 3.30. The van der Waals surface area contributed by atoms with E-state index in [0.29, 0.717) is 37.0 Å². The fourth-order valence-corrected chi connectivity index (χ4v) is 4.07. The Labute approximate surface area is 176 Å². The van der Waals surface area contributed by atoms with Crippen LogP contribution in [0.4, 0.5) is 0 Å². The van der Waals surface area contributed by atoms with Gasteiger partial charge in [-0.25, -0.2) is 0 Å². The number of nitrogens with one attached hydrogen (secondary N) is 1. The van der Waals surface area contributed by atoms with Gasteiger partial charge in [0.2, 0.25) is 0 Å². The van der Waals surface area contributed by atoms with Crippen LogP contribution in [0.2, 0.25) is 0 Å². The van der Waals surface area contributed by atoms with E-state index in [9.17, 15) is 4.79 Å². The molecule has 0 bridgehead atoms. The van der Waals surface area contributed by atoms with Crippen LogP contribution < -0.4 is 9.47 Å². The fraction of sp³-hybridized carbons (Fsp3) is 0.333. The molecule has 0 spiro atoms. The molecule has 6 heteroatoms. The summed E-state index contributed by atoms with van der Waals surface area (Å²) in [6.45, 7) is 7.75. The van der Waals surface area contributed by atoms with Crippen LogP contribution in [-0.2, 0) is 0 Å². The van der Waals surface area contributed by atoms with Crippen LogP contribution in [0, 0.1) is 0 Å². The smallest absolute Gasteiger partial charge is 0.273 e. The third kappa shape index (κ3) is 3.43. The van der Waals surface area contributed by atoms with Crippen LogP contribution in [0.5, 0.6) is 11.5 Å². The number of fused-ring (bicyclic) bond motifs is 1. The van der Waals surface area contributed by atoms with Gasteiger partial charge in [-0.2, -0.15) is 5.10 Å². The molecule has 6 nitrogen and oxygen atoms in total. The number of benzene rings is 2. The minimum absolute atomic E-state index is 0.0154. The number of carbonyl (C=O) groups excluding carboxylic acids is 1. The summed E-state index contributed by atoms with van der Waals surface area (Å²) in [6, 6.07) is 15.7. The van der Waals surface area contributed by atoms with Gasteiger partial charge in [0.05, 0.1) is 24.9 Å². The number of ether oxygens (including phenoxy) is 2. The Morgan fingerprint density at radius 1 is 1.00 bits per heavy atom. The van der Waals surface area contributed by atoms with Gasteiger partial charge in [0.25, 0.3) is 5.91 Å².